The Kier molecular flexibility index (Phi) is 3.84. The van der Waals surface area contributed by atoms with Crippen LogP contribution in [0.15, 0.2) is 48.8 Å². The number of aryl methyl sites for hydroxylation is 1. The number of amides is 1. The number of carbonyl (C=O) groups is 1. The summed E-state index contributed by atoms with van der Waals surface area (Å²) in [5.74, 6) is 1.08. The highest BCUT2D eigenvalue weighted by atomic mass is 35.5. The van der Waals surface area contributed by atoms with Gasteiger partial charge in [0.15, 0.2) is 11.5 Å². The van der Waals surface area contributed by atoms with Crippen molar-refractivity contribution in [3.8, 4) is 5.82 Å². The summed E-state index contributed by atoms with van der Waals surface area (Å²) < 4.78 is 1.79. The van der Waals surface area contributed by atoms with Gasteiger partial charge in [-0.25, -0.2) is 4.98 Å². The highest BCUT2D eigenvalue weighted by Gasteiger charge is 2.10. The van der Waals surface area contributed by atoms with Gasteiger partial charge in [-0.1, -0.05) is 11.6 Å². The Balaban J connectivity index is 1.76. The van der Waals surface area contributed by atoms with Gasteiger partial charge in [0, 0.05) is 23.1 Å². The Morgan fingerprint density at radius 2 is 1.91 bits per heavy atom. The molecule has 0 spiro atoms. The summed E-state index contributed by atoms with van der Waals surface area (Å²) >= 11 is 5.80. The number of nitrogens with zero attached hydrogens (tertiary/aromatic N) is 4. The molecule has 110 valence electrons. The zero-order chi connectivity index (χ0) is 15.5. The second-order valence-corrected chi connectivity index (χ2v) is 5.02. The molecule has 1 aromatic carbocycles. The molecule has 0 saturated heterocycles. The van der Waals surface area contributed by atoms with Crippen LogP contribution in [0.5, 0.6) is 0 Å². The fourth-order valence-electron chi connectivity index (χ4n) is 1.92. The molecule has 2 heterocycles. The first kappa shape index (κ1) is 14.2. The van der Waals surface area contributed by atoms with Crippen LogP contribution in [0.2, 0.25) is 5.02 Å². The van der Waals surface area contributed by atoms with Gasteiger partial charge < -0.3 is 5.32 Å². The maximum Gasteiger partial charge on any atom is 0.276 e. The number of hydrogen-bond donors (Lipinski definition) is 1. The monoisotopic (exact) mass is 313 g/mol. The summed E-state index contributed by atoms with van der Waals surface area (Å²) in [4.78, 5) is 16.2. The lowest BCUT2D eigenvalue weighted by molar-refractivity contribution is 0.102. The maximum atomic E-state index is 12.1. The molecule has 0 aliphatic carbocycles. The van der Waals surface area contributed by atoms with Crippen molar-refractivity contribution in [2.24, 2.45) is 0 Å². The molecule has 0 saturated carbocycles. The van der Waals surface area contributed by atoms with Gasteiger partial charge in [0.05, 0.1) is 0 Å². The molecule has 0 aliphatic heterocycles. The van der Waals surface area contributed by atoms with Crippen LogP contribution in [0.25, 0.3) is 5.82 Å². The third-order valence-electron chi connectivity index (χ3n) is 3.06. The lowest BCUT2D eigenvalue weighted by Gasteiger charge is -2.06. The van der Waals surface area contributed by atoms with Gasteiger partial charge in [0.1, 0.15) is 5.82 Å². The van der Waals surface area contributed by atoms with E-state index in [9.17, 15) is 4.79 Å². The highest BCUT2D eigenvalue weighted by molar-refractivity contribution is 6.30. The Hall–Kier alpha value is -2.73. The number of carbonyl (C=O) groups excluding carboxylic acids is 1. The number of imidazole rings is 1. The van der Waals surface area contributed by atoms with E-state index in [-0.39, 0.29) is 11.6 Å². The topological polar surface area (TPSA) is 72.7 Å². The van der Waals surface area contributed by atoms with Crippen LogP contribution >= 0.6 is 11.6 Å². The quantitative estimate of drug-likeness (QED) is 0.807. The summed E-state index contributed by atoms with van der Waals surface area (Å²) in [6.45, 7) is 1.86. The van der Waals surface area contributed by atoms with Crippen molar-refractivity contribution in [3.63, 3.8) is 0 Å². The first-order valence-electron chi connectivity index (χ1n) is 6.54. The Morgan fingerprint density at radius 1 is 1.14 bits per heavy atom. The summed E-state index contributed by atoms with van der Waals surface area (Å²) in [5, 5.41) is 11.3. The summed E-state index contributed by atoms with van der Waals surface area (Å²) in [7, 11) is 0. The molecule has 1 amide bonds. The van der Waals surface area contributed by atoms with Gasteiger partial charge in [-0.05, 0) is 43.3 Å². The van der Waals surface area contributed by atoms with Crippen molar-refractivity contribution in [1.29, 1.82) is 0 Å². The highest BCUT2D eigenvalue weighted by Crippen LogP contribution is 2.14. The van der Waals surface area contributed by atoms with E-state index in [1.54, 1.807) is 53.4 Å². The largest absolute Gasteiger partial charge is 0.321 e. The van der Waals surface area contributed by atoms with Gasteiger partial charge in [-0.2, -0.15) is 0 Å². The average Bonchev–Trinajstić information content (AvgIpc) is 2.96. The van der Waals surface area contributed by atoms with E-state index in [2.05, 4.69) is 20.5 Å². The molecule has 0 bridgehead atoms. The standard InChI is InChI=1S/C15H12ClN5O/c1-10-17-8-9-21(10)14-7-6-13(19-20-14)15(22)18-12-4-2-11(16)3-5-12/h2-9H,1H3,(H,18,22). The van der Waals surface area contributed by atoms with E-state index in [1.165, 1.54) is 0 Å². The van der Waals surface area contributed by atoms with E-state index < -0.39 is 0 Å². The van der Waals surface area contributed by atoms with Crippen LogP contribution in [-0.2, 0) is 0 Å². The number of hydrogen-bond acceptors (Lipinski definition) is 4. The van der Waals surface area contributed by atoms with Gasteiger partial charge in [0.25, 0.3) is 5.91 Å². The summed E-state index contributed by atoms with van der Waals surface area (Å²) in [5.41, 5.74) is 0.877. The fourth-order valence-corrected chi connectivity index (χ4v) is 2.05. The smallest absolute Gasteiger partial charge is 0.276 e. The van der Waals surface area contributed by atoms with Gasteiger partial charge >= 0.3 is 0 Å². The van der Waals surface area contributed by atoms with Crippen LogP contribution < -0.4 is 5.32 Å². The van der Waals surface area contributed by atoms with Crippen LogP contribution in [-0.4, -0.2) is 25.7 Å². The number of halogens is 1. The predicted molar refractivity (Wildman–Crippen MR) is 83.3 cm³/mol. The van der Waals surface area contributed by atoms with Crippen LogP contribution in [0.3, 0.4) is 0 Å². The molecule has 0 fully saturated rings. The summed E-state index contributed by atoms with van der Waals surface area (Å²) in [6, 6.07) is 10.2. The van der Waals surface area contributed by atoms with E-state index >= 15 is 0 Å². The van der Waals surface area contributed by atoms with Crippen LogP contribution in [0.4, 0.5) is 5.69 Å². The van der Waals surface area contributed by atoms with Crippen molar-refractivity contribution in [1.82, 2.24) is 19.7 Å². The minimum absolute atomic E-state index is 0.233. The number of benzene rings is 1. The fraction of sp³-hybridized carbons (Fsp3) is 0.0667. The molecule has 0 aliphatic rings. The number of aromatic nitrogens is 4. The molecule has 7 heteroatoms. The number of anilines is 1. The van der Waals surface area contributed by atoms with Crippen molar-refractivity contribution in [2.45, 2.75) is 6.92 Å². The molecule has 2 aromatic heterocycles. The minimum atomic E-state index is -0.330. The maximum absolute atomic E-state index is 12.1. The lowest BCUT2D eigenvalue weighted by atomic mass is 10.3. The molecule has 22 heavy (non-hydrogen) atoms. The van der Waals surface area contributed by atoms with Crippen LogP contribution in [0, 0.1) is 6.92 Å². The normalized spacial score (nSPS) is 10.5. The minimum Gasteiger partial charge on any atom is -0.321 e. The Labute approximate surface area is 131 Å². The van der Waals surface area contributed by atoms with Crippen molar-refractivity contribution >= 4 is 23.2 Å². The molecule has 3 aromatic rings. The van der Waals surface area contributed by atoms with E-state index in [0.717, 1.165) is 5.82 Å². The van der Waals surface area contributed by atoms with E-state index in [4.69, 9.17) is 11.6 Å². The van der Waals surface area contributed by atoms with Crippen molar-refractivity contribution < 1.29 is 4.79 Å². The first-order valence-corrected chi connectivity index (χ1v) is 6.92. The van der Waals surface area contributed by atoms with E-state index in [1.807, 2.05) is 6.92 Å². The second kappa shape index (κ2) is 5.95. The molecule has 1 N–H and O–H groups in total. The molecule has 0 atom stereocenters. The zero-order valence-corrected chi connectivity index (χ0v) is 12.4. The van der Waals surface area contributed by atoms with E-state index in [0.29, 0.717) is 16.5 Å². The van der Waals surface area contributed by atoms with Crippen molar-refractivity contribution in [2.75, 3.05) is 5.32 Å². The molecule has 6 nitrogen and oxygen atoms in total. The zero-order valence-electron chi connectivity index (χ0n) is 11.7. The third-order valence-corrected chi connectivity index (χ3v) is 3.31. The second-order valence-electron chi connectivity index (χ2n) is 4.58. The molecule has 0 radical (unpaired) electrons. The SMILES string of the molecule is Cc1nccn1-c1ccc(C(=O)Nc2ccc(Cl)cc2)nn1. The van der Waals surface area contributed by atoms with Crippen molar-refractivity contribution in [3.05, 3.63) is 65.3 Å². The van der Waals surface area contributed by atoms with Gasteiger partial charge in [0.2, 0.25) is 0 Å². The number of rotatable bonds is 3. The summed E-state index contributed by atoms with van der Waals surface area (Å²) in [6.07, 6.45) is 3.46. The lowest BCUT2D eigenvalue weighted by Crippen LogP contribution is -2.15. The Bertz CT molecular complexity index is 796. The van der Waals surface area contributed by atoms with Gasteiger partial charge in [-0.15, -0.1) is 10.2 Å². The first-order chi connectivity index (χ1) is 10.6. The molecule has 3 rings (SSSR count). The average molecular weight is 314 g/mol. The number of nitrogens with one attached hydrogen (secondary N) is 1. The molecule has 0 unspecified atom stereocenters. The Morgan fingerprint density at radius 3 is 2.50 bits per heavy atom. The molecular formula is C15H12ClN5O. The van der Waals surface area contributed by atoms with Gasteiger partial charge in [-0.3, -0.25) is 9.36 Å². The predicted octanol–water partition coefficient (Wildman–Crippen LogP) is 2.88. The third kappa shape index (κ3) is 2.96. The molecular weight excluding hydrogens is 302 g/mol. The van der Waals surface area contributed by atoms with Crippen LogP contribution in [0.1, 0.15) is 16.3 Å².